The van der Waals surface area contributed by atoms with Gasteiger partial charge in [-0.25, -0.2) is 14.3 Å². The van der Waals surface area contributed by atoms with Gasteiger partial charge >= 0.3 is 8.69 Å². The number of hydrogen-bond acceptors (Lipinski definition) is 5. The number of fused-ring (bicyclic) bond motifs is 1. The molecule has 0 saturated carbocycles. The van der Waals surface area contributed by atoms with E-state index in [1.165, 1.54) is 0 Å². The molecule has 0 aromatic heterocycles. The number of ether oxygens (including phenoxy) is 1. The number of para-hydroxylation sites is 1. The molecule has 0 N–H and O–H groups in total. The molecule has 1 atom stereocenters. The van der Waals surface area contributed by atoms with E-state index in [-0.39, 0.29) is 6.10 Å². The quantitative estimate of drug-likeness (QED) is 0.610. The van der Waals surface area contributed by atoms with Crippen LogP contribution < -0.4 is 4.74 Å². The zero-order valence-electron chi connectivity index (χ0n) is 8.79. The molecule has 0 bridgehead atoms. The Morgan fingerprint density at radius 2 is 2.18 bits per heavy atom. The molecule has 6 heteroatoms. The Morgan fingerprint density at radius 1 is 1.35 bits per heavy atom. The minimum atomic E-state index is -0.400. The van der Waals surface area contributed by atoms with Crippen LogP contribution in [-0.4, -0.2) is 12.7 Å². The molecule has 1 aromatic rings. The summed E-state index contributed by atoms with van der Waals surface area (Å²) in [6.45, 7) is 0.417. The van der Waals surface area contributed by atoms with Crippen LogP contribution in [0.15, 0.2) is 35.8 Å². The van der Waals surface area contributed by atoms with Gasteiger partial charge in [0.2, 0.25) is 0 Å². The van der Waals surface area contributed by atoms with Crippen LogP contribution in [0.5, 0.6) is 5.75 Å². The van der Waals surface area contributed by atoms with E-state index < -0.39 is 8.69 Å². The molecule has 1 fully saturated rings. The molecule has 0 amide bonds. The van der Waals surface area contributed by atoms with Gasteiger partial charge < -0.3 is 9.26 Å². The van der Waals surface area contributed by atoms with E-state index in [2.05, 4.69) is 4.89 Å². The summed E-state index contributed by atoms with van der Waals surface area (Å²) in [5.41, 5.74) is 0.996. The van der Waals surface area contributed by atoms with E-state index in [1.807, 2.05) is 24.3 Å². The van der Waals surface area contributed by atoms with Crippen molar-refractivity contribution in [3.63, 3.8) is 0 Å². The fraction of sp³-hybridized carbons (Fsp3) is 0.273. The number of allylic oxidation sites excluding steroid dienone is 1. The maximum atomic E-state index is 10.6. The molecule has 0 aliphatic carbocycles. The molecular formula is C11H9O5P. The van der Waals surface area contributed by atoms with Crippen molar-refractivity contribution < 1.29 is 23.6 Å². The fourth-order valence-corrected chi connectivity index (χ4v) is 2.05. The maximum absolute atomic E-state index is 10.6. The predicted octanol–water partition coefficient (Wildman–Crippen LogP) is 2.39. The van der Waals surface area contributed by atoms with Crippen molar-refractivity contribution in [1.82, 2.24) is 0 Å². The Labute approximate surface area is 99.1 Å². The highest BCUT2D eigenvalue weighted by Crippen LogP contribution is 2.35. The fourth-order valence-electron chi connectivity index (χ4n) is 1.81. The van der Waals surface area contributed by atoms with Crippen LogP contribution in [0.4, 0.5) is 0 Å². The van der Waals surface area contributed by atoms with Crippen molar-refractivity contribution >= 4 is 8.69 Å². The molecule has 0 radical (unpaired) electrons. The smallest absolute Gasteiger partial charge is 0.395 e. The topological polar surface area (TPSA) is 54.0 Å². The lowest BCUT2D eigenvalue weighted by molar-refractivity contribution is -0.418. The molecule has 1 saturated heterocycles. The first kappa shape index (κ1) is 10.7. The van der Waals surface area contributed by atoms with E-state index >= 15 is 0 Å². The van der Waals surface area contributed by atoms with Gasteiger partial charge in [-0.05, 0) is 6.07 Å². The zero-order chi connectivity index (χ0) is 11.7. The summed E-state index contributed by atoms with van der Waals surface area (Å²) in [5.74, 6) is 1.83. The molecule has 2 aliphatic heterocycles. The van der Waals surface area contributed by atoms with Gasteiger partial charge in [-0.15, -0.1) is 0 Å². The van der Waals surface area contributed by atoms with Gasteiger partial charge in [0.05, 0.1) is 0 Å². The summed E-state index contributed by atoms with van der Waals surface area (Å²) in [5, 5.41) is 0. The standard InChI is InChI=1S/C11H9O5P/c12-17-16-9-5-7-3-1-2-4-8(7)14-11(9)10-6-13-15-10/h1-4,10H,5-6H2. The highest BCUT2D eigenvalue weighted by atomic mass is 31.1. The monoisotopic (exact) mass is 252 g/mol. The first-order valence-electron chi connectivity index (χ1n) is 5.15. The predicted molar refractivity (Wildman–Crippen MR) is 57.3 cm³/mol. The van der Waals surface area contributed by atoms with E-state index in [0.29, 0.717) is 24.5 Å². The highest BCUT2D eigenvalue weighted by Gasteiger charge is 2.34. The van der Waals surface area contributed by atoms with Gasteiger partial charge in [0.1, 0.15) is 12.4 Å². The van der Waals surface area contributed by atoms with Gasteiger partial charge in [-0.3, -0.25) is 0 Å². The Balaban J connectivity index is 1.94. The summed E-state index contributed by atoms with van der Waals surface area (Å²) in [4.78, 5) is 9.55. The minimum Gasteiger partial charge on any atom is -0.455 e. The van der Waals surface area contributed by atoms with Crippen LogP contribution in [-0.2, 0) is 25.3 Å². The van der Waals surface area contributed by atoms with Crippen LogP contribution in [0.25, 0.3) is 0 Å². The van der Waals surface area contributed by atoms with Crippen LogP contribution in [0, 0.1) is 0 Å². The Morgan fingerprint density at radius 3 is 2.88 bits per heavy atom. The third-order valence-electron chi connectivity index (χ3n) is 2.66. The second kappa shape index (κ2) is 4.45. The first-order chi connectivity index (χ1) is 8.38. The minimum absolute atomic E-state index is 0.278. The molecule has 1 unspecified atom stereocenters. The van der Waals surface area contributed by atoms with Gasteiger partial charge in [0.25, 0.3) is 0 Å². The summed E-state index contributed by atoms with van der Waals surface area (Å²) in [6.07, 6.45) is 0.265. The zero-order valence-corrected chi connectivity index (χ0v) is 9.68. The highest BCUT2D eigenvalue weighted by molar-refractivity contribution is 7.17. The van der Waals surface area contributed by atoms with E-state index in [9.17, 15) is 4.57 Å². The second-order valence-electron chi connectivity index (χ2n) is 3.71. The average Bonchev–Trinajstić information content (AvgIpc) is 2.28. The van der Waals surface area contributed by atoms with Crippen LogP contribution in [0.3, 0.4) is 0 Å². The third kappa shape index (κ3) is 1.93. The third-order valence-corrected chi connectivity index (χ3v) is 2.96. The van der Waals surface area contributed by atoms with Crippen molar-refractivity contribution in [3.05, 3.63) is 41.3 Å². The van der Waals surface area contributed by atoms with Crippen molar-refractivity contribution in [1.29, 1.82) is 0 Å². The molecule has 2 aliphatic rings. The Bertz CT molecular complexity index is 481. The van der Waals surface area contributed by atoms with Gasteiger partial charge in [-0.1, -0.05) is 18.2 Å². The normalized spacial score (nSPS) is 22.7. The van der Waals surface area contributed by atoms with Gasteiger partial charge in [0, 0.05) is 12.0 Å². The average molecular weight is 252 g/mol. The van der Waals surface area contributed by atoms with Gasteiger partial charge in [-0.2, -0.15) is 0 Å². The van der Waals surface area contributed by atoms with Gasteiger partial charge in [0.15, 0.2) is 17.6 Å². The number of hydrogen-bond donors (Lipinski definition) is 0. The lowest BCUT2D eigenvalue weighted by Crippen LogP contribution is -2.37. The first-order valence-corrected chi connectivity index (χ1v) is 5.88. The molecule has 3 rings (SSSR count). The molecule has 2 heterocycles. The summed E-state index contributed by atoms with van der Waals surface area (Å²) in [6, 6.07) is 7.63. The molecule has 0 spiro atoms. The van der Waals surface area contributed by atoms with Crippen molar-refractivity contribution in [2.24, 2.45) is 0 Å². The van der Waals surface area contributed by atoms with E-state index in [0.717, 1.165) is 11.3 Å². The SMILES string of the molecule is O=POC1=C(C2COO2)Oc2ccccc2C1. The molecule has 5 nitrogen and oxygen atoms in total. The van der Waals surface area contributed by atoms with Crippen molar-refractivity contribution in [2.45, 2.75) is 12.5 Å². The van der Waals surface area contributed by atoms with Crippen LogP contribution in [0.1, 0.15) is 5.56 Å². The molecule has 1 aromatic carbocycles. The van der Waals surface area contributed by atoms with E-state index in [1.54, 1.807) is 0 Å². The lowest BCUT2D eigenvalue weighted by Gasteiger charge is -2.30. The Kier molecular flexibility index (Phi) is 2.81. The summed E-state index contributed by atoms with van der Waals surface area (Å²) in [7, 11) is -0.400. The number of benzene rings is 1. The van der Waals surface area contributed by atoms with Crippen LogP contribution in [0.2, 0.25) is 0 Å². The summed E-state index contributed by atoms with van der Waals surface area (Å²) >= 11 is 0. The number of rotatable bonds is 3. The molecule has 17 heavy (non-hydrogen) atoms. The van der Waals surface area contributed by atoms with Crippen molar-refractivity contribution in [2.75, 3.05) is 6.61 Å². The van der Waals surface area contributed by atoms with Crippen molar-refractivity contribution in [3.8, 4) is 5.75 Å². The van der Waals surface area contributed by atoms with Crippen LogP contribution >= 0.6 is 8.69 Å². The summed E-state index contributed by atoms with van der Waals surface area (Å²) < 4.78 is 21.3. The lowest BCUT2D eigenvalue weighted by atomic mass is 10.0. The van der Waals surface area contributed by atoms with E-state index in [4.69, 9.17) is 14.1 Å². The Hall–Kier alpha value is -1.42. The maximum Gasteiger partial charge on any atom is 0.395 e. The largest absolute Gasteiger partial charge is 0.455 e. The molecular weight excluding hydrogens is 243 g/mol. The molecule has 88 valence electrons. The second-order valence-corrected chi connectivity index (χ2v) is 4.04.